The second kappa shape index (κ2) is 6.44. The van der Waals surface area contributed by atoms with Gasteiger partial charge in [0, 0.05) is 29.4 Å². The molecule has 0 fully saturated rings. The van der Waals surface area contributed by atoms with Gasteiger partial charge < -0.3 is 14.8 Å². The zero-order valence-corrected chi connectivity index (χ0v) is 13.1. The maximum atomic E-state index is 5.36. The summed E-state index contributed by atoms with van der Waals surface area (Å²) in [4.78, 5) is 8.61. The minimum Gasteiger partial charge on any atom is -0.497 e. The molecule has 0 saturated heterocycles. The van der Waals surface area contributed by atoms with Crippen molar-refractivity contribution in [3.8, 4) is 22.8 Å². The minimum absolute atomic E-state index is 0.737. The molecule has 22 heavy (non-hydrogen) atoms. The number of aromatic nitrogens is 2. The Kier molecular flexibility index (Phi) is 4.20. The van der Waals surface area contributed by atoms with E-state index < -0.39 is 0 Å². The standard InChI is InChI=1S/C16H15N3O2S/c1-20-12-3-4-15(21-2)13(9-12)18-16-19-14(10-22-16)11-5-7-17-8-6-11/h3-10H,1-2H3,(H,18,19). The number of ether oxygens (including phenoxy) is 2. The molecule has 0 saturated carbocycles. The summed E-state index contributed by atoms with van der Waals surface area (Å²) >= 11 is 1.53. The molecule has 2 aromatic heterocycles. The molecule has 3 aromatic rings. The Morgan fingerprint density at radius 2 is 1.86 bits per heavy atom. The van der Waals surface area contributed by atoms with E-state index in [9.17, 15) is 0 Å². The van der Waals surface area contributed by atoms with Crippen LogP contribution in [0.3, 0.4) is 0 Å². The largest absolute Gasteiger partial charge is 0.497 e. The summed E-state index contributed by atoms with van der Waals surface area (Å²) in [6, 6.07) is 9.47. The fraction of sp³-hybridized carbons (Fsp3) is 0.125. The van der Waals surface area contributed by atoms with E-state index in [-0.39, 0.29) is 0 Å². The summed E-state index contributed by atoms with van der Waals surface area (Å²) in [6.45, 7) is 0. The second-order valence-corrected chi connectivity index (χ2v) is 5.32. The highest BCUT2D eigenvalue weighted by Gasteiger charge is 2.09. The molecule has 112 valence electrons. The molecule has 6 heteroatoms. The van der Waals surface area contributed by atoms with Crippen molar-refractivity contribution in [2.45, 2.75) is 0 Å². The van der Waals surface area contributed by atoms with Gasteiger partial charge >= 0.3 is 0 Å². The van der Waals surface area contributed by atoms with Crippen LogP contribution in [-0.4, -0.2) is 24.2 Å². The molecule has 0 unspecified atom stereocenters. The molecule has 0 bridgehead atoms. The first kappa shape index (κ1) is 14.3. The number of methoxy groups -OCH3 is 2. The Balaban J connectivity index is 1.86. The topological polar surface area (TPSA) is 56.3 Å². The van der Waals surface area contributed by atoms with Crippen LogP contribution in [0.25, 0.3) is 11.3 Å². The molecule has 3 rings (SSSR count). The van der Waals surface area contributed by atoms with Gasteiger partial charge in [0.2, 0.25) is 0 Å². The smallest absolute Gasteiger partial charge is 0.187 e. The van der Waals surface area contributed by atoms with Crippen molar-refractivity contribution in [1.82, 2.24) is 9.97 Å². The van der Waals surface area contributed by atoms with Crippen LogP contribution in [0.15, 0.2) is 48.1 Å². The lowest BCUT2D eigenvalue weighted by molar-refractivity contribution is 0.405. The van der Waals surface area contributed by atoms with Crippen LogP contribution >= 0.6 is 11.3 Å². The normalized spacial score (nSPS) is 10.3. The van der Waals surface area contributed by atoms with E-state index in [1.165, 1.54) is 11.3 Å². The summed E-state index contributed by atoms with van der Waals surface area (Å²) < 4.78 is 10.6. The predicted molar refractivity (Wildman–Crippen MR) is 88.2 cm³/mol. The van der Waals surface area contributed by atoms with Gasteiger partial charge in [0.1, 0.15) is 11.5 Å². The van der Waals surface area contributed by atoms with Gasteiger partial charge in [0.25, 0.3) is 0 Å². The zero-order valence-electron chi connectivity index (χ0n) is 12.2. The third-order valence-corrected chi connectivity index (χ3v) is 3.89. The van der Waals surface area contributed by atoms with Crippen molar-refractivity contribution in [3.05, 3.63) is 48.1 Å². The summed E-state index contributed by atoms with van der Waals surface area (Å²) in [5, 5.41) is 6.07. The average molecular weight is 313 g/mol. The monoisotopic (exact) mass is 313 g/mol. The second-order valence-electron chi connectivity index (χ2n) is 4.47. The number of hydrogen-bond acceptors (Lipinski definition) is 6. The van der Waals surface area contributed by atoms with Gasteiger partial charge in [-0.25, -0.2) is 4.98 Å². The van der Waals surface area contributed by atoms with Crippen LogP contribution in [0.1, 0.15) is 0 Å². The third kappa shape index (κ3) is 3.01. The van der Waals surface area contributed by atoms with Crippen LogP contribution in [0.2, 0.25) is 0 Å². The average Bonchev–Trinajstić information content (AvgIpc) is 3.04. The number of rotatable bonds is 5. The van der Waals surface area contributed by atoms with E-state index >= 15 is 0 Å². The SMILES string of the molecule is COc1ccc(OC)c(Nc2nc(-c3ccncc3)cs2)c1. The molecule has 1 N–H and O–H groups in total. The molecule has 0 aliphatic rings. The highest BCUT2D eigenvalue weighted by atomic mass is 32.1. The molecule has 0 aliphatic carbocycles. The van der Waals surface area contributed by atoms with Crippen molar-refractivity contribution >= 4 is 22.2 Å². The van der Waals surface area contributed by atoms with E-state index in [1.54, 1.807) is 26.6 Å². The Bertz CT molecular complexity index is 759. The zero-order chi connectivity index (χ0) is 15.4. The molecular formula is C16H15N3O2S. The van der Waals surface area contributed by atoms with Gasteiger partial charge in [-0.3, -0.25) is 4.98 Å². The lowest BCUT2D eigenvalue weighted by atomic mass is 10.2. The number of benzene rings is 1. The summed E-state index contributed by atoms with van der Waals surface area (Å²) in [5.41, 5.74) is 2.77. The number of thiazole rings is 1. The molecule has 0 amide bonds. The maximum absolute atomic E-state index is 5.36. The Labute approximate surface area is 132 Å². The van der Waals surface area contributed by atoms with E-state index in [1.807, 2.05) is 35.7 Å². The Morgan fingerprint density at radius 3 is 2.59 bits per heavy atom. The quantitative estimate of drug-likeness (QED) is 0.772. The number of nitrogens with zero attached hydrogens (tertiary/aromatic N) is 2. The fourth-order valence-electron chi connectivity index (χ4n) is 2.01. The van der Waals surface area contributed by atoms with Gasteiger partial charge in [0.15, 0.2) is 5.13 Å². The van der Waals surface area contributed by atoms with Gasteiger partial charge in [-0.15, -0.1) is 11.3 Å². The van der Waals surface area contributed by atoms with Crippen LogP contribution in [0, 0.1) is 0 Å². The van der Waals surface area contributed by atoms with Crippen molar-refractivity contribution < 1.29 is 9.47 Å². The highest BCUT2D eigenvalue weighted by Crippen LogP contribution is 2.33. The van der Waals surface area contributed by atoms with Gasteiger partial charge in [-0.2, -0.15) is 0 Å². The lowest BCUT2D eigenvalue weighted by Crippen LogP contribution is -1.95. The number of pyridine rings is 1. The number of anilines is 2. The van der Waals surface area contributed by atoms with Crippen molar-refractivity contribution in [2.75, 3.05) is 19.5 Å². The minimum atomic E-state index is 0.737. The fourth-order valence-corrected chi connectivity index (χ4v) is 2.75. The summed E-state index contributed by atoms with van der Waals surface area (Å²) in [6.07, 6.45) is 3.51. The molecule has 5 nitrogen and oxygen atoms in total. The van der Waals surface area contributed by atoms with Gasteiger partial charge in [-0.05, 0) is 24.3 Å². The van der Waals surface area contributed by atoms with Crippen molar-refractivity contribution in [3.63, 3.8) is 0 Å². The summed E-state index contributed by atoms with van der Waals surface area (Å²) in [7, 11) is 3.27. The van der Waals surface area contributed by atoms with E-state index in [4.69, 9.17) is 9.47 Å². The molecule has 0 radical (unpaired) electrons. The van der Waals surface area contributed by atoms with Crippen LogP contribution in [0.4, 0.5) is 10.8 Å². The van der Waals surface area contributed by atoms with Crippen molar-refractivity contribution in [1.29, 1.82) is 0 Å². The molecule has 2 heterocycles. The Morgan fingerprint density at radius 1 is 1.05 bits per heavy atom. The van der Waals surface area contributed by atoms with E-state index in [0.29, 0.717) is 0 Å². The number of nitrogens with one attached hydrogen (secondary N) is 1. The highest BCUT2D eigenvalue weighted by molar-refractivity contribution is 7.14. The first-order chi connectivity index (χ1) is 10.8. The molecule has 0 spiro atoms. The first-order valence-corrected chi connectivity index (χ1v) is 7.53. The van der Waals surface area contributed by atoms with Crippen LogP contribution in [-0.2, 0) is 0 Å². The molecule has 1 aromatic carbocycles. The van der Waals surface area contributed by atoms with Gasteiger partial charge in [0.05, 0.1) is 25.6 Å². The van der Waals surface area contributed by atoms with Crippen molar-refractivity contribution in [2.24, 2.45) is 0 Å². The van der Waals surface area contributed by atoms with Gasteiger partial charge in [-0.1, -0.05) is 0 Å². The first-order valence-electron chi connectivity index (χ1n) is 6.65. The van der Waals surface area contributed by atoms with E-state index in [0.717, 1.165) is 33.6 Å². The third-order valence-electron chi connectivity index (χ3n) is 3.13. The Hall–Kier alpha value is -2.60. The molecule has 0 aliphatic heterocycles. The number of hydrogen-bond donors (Lipinski definition) is 1. The molecule has 0 atom stereocenters. The van der Waals surface area contributed by atoms with Crippen LogP contribution < -0.4 is 14.8 Å². The molecular weight excluding hydrogens is 298 g/mol. The predicted octanol–water partition coefficient (Wildman–Crippen LogP) is 3.97. The summed E-state index contributed by atoms with van der Waals surface area (Å²) in [5.74, 6) is 1.50. The maximum Gasteiger partial charge on any atom is 0.187 e. The van der Waals surface area contributed by atoms with E-state index in [2.05, 4.69) is 15.3 Å². The lowest BCUT2D eigenvalue weighted by Gasteiger charge is -2.10. The van der Waals surface area contributed by atoms with Crippen LogP contribution in [0.5, 0.6) is 11.5 Å².